The molecule has 2 rings (SSSR count). The van der Waals surface area contributed by atoms with Gasteiger partial charge in [-0.15, -0.1) is 0 Å². The van der Waals surface area contributed by atoms with Gasteiger partial charge in [-0.1, -0.05) is 19.3 Å². The van der Waals surface area contributed by atoms with Crippen molar-refractivity contribution in [2.24, 2.45) is 5.41 Å². The van der Waals surface area contributed by atoms with E-state index in [9.17, 15) is 5.11 Å². The van der Waals surface area contributed by atoms with Crippen molar-refractivity contribution in [1.82, 2.24) is 0 Å². The van der Waals surface area contributed by atoms with Gasteiger partial charge in [0.2, 0.25) is 0 Å². The van der Waals surface area contributed by atoms with E-state index < -0.39 is 0 Å². The van der Waals surface area contributed by atoms with Crippen molar-refractivity contribution in [3.8, 4) is 0 Å². The minimum absolute atomic E-state index is 0.248. The van der Waals surface area contributed by atoms with E-state index >= 15 is 0 Å². The molecule has 0 atom stereocenters. The molecule has 1 N–H and O–H groups in total. The molecule has 1 spiro atoms. The number of allylic oxidation sites excluding steroid dienone is 2. The lowest BCUT2D eigenvalue weighted by molar-refractivity contribution is 0.162. The first-order valence-electron chi connectivity index (χ1n) is 4.73. The van der Waals surface area contributed by atoms with Crippen molar-refractivity contribution < 1.29 is 5.11 Å². The van der Waals surface area contributed by atoms with E-state index in [-0.39, 0.29) is 5.41 Å². The number of aliphatic hydroxyl groups excluding tert-OH is 1. The summed E-state index contributed by atoms with van der Waals surface area (Å²) in [5.74, 6) is 0.706. The first kappa shape index (κ1) is 7.20. The Morgan fingerprint density at radius 1 is 1.09 bits per heavy atom. The standard InChI is InChI=1S/C10H16O/c11-9-5-4-8-10(9)6-2-1-3-7-10/h5,11H,1-4,6-8H2. The Labute approximate surface area is 68.1 Å². The molecule has 0 aromatic carbocycles. The maximum atomic E-state index is 9.67. The van der Waals surface area contributed by atoms with Crippen LogP contribution in [-0.4, -0.2) is 5.11 Å². The molecule has 2 aliphatic carbocycles. The van der Waals surface area contributed by atoms with Gasteiger partial charge in [-0.25, -0.2) is 0 Å². The van der Waals surface area contributed by atoms with Gasteiger partial charge in [0.25, 0.3) is 0 Å². The van der Waals surface area contributed by atoms with Gasteiger partial charge in [0, 0.05) is 5.41 Å². The smallest absolute Gasteiger partial charge is 0.0944 e. The Kier molecular flexibility index (Phi) is 1.67. The maximum absolute atomic E-state index is 9.67. The van der Waals surface area contributed by atoms with Crippen LogP contribution in [0.25, 0.3) is 0 Å². The van der Waals surface area contributed by atoms with E-state index in [2.05, 4.69) is 0 Å². The van der Waals surface area contributed by atoms with Crippen molar-refractivity contribution in [3.63, 3.8) is 0 Å². The summed E-state index contributed by atoms with van der Waals surface area (Å²) >= 11 is 0. The highest BCUT2D eigenvalue weighted by Gasteiger charge is 2.38. The summed E-state index contributed by atoms with van der Waals surface area (Å²) < 4.78 is 0. The molecule has 11 heavy (non-hydrogen) atoms. The third kappa shape index (κ3) is 1.07. The normalized spacial score (nSPS) is 28.9. The van der Waals surface area contributed by atoms with Crippen LogP contribution < -0.4 is 0 Å². The first-order chi connectivity index (χ1) is 5.33. The fraction of sp³-hybridized carbons (Fsp3) is 0.800. The quantitative estimate of drug-likeness (QED) is 0.565. The van der Waals surface area contributed by atoms with Crippen molar-refractivity contribution in [2.75, 3.05) is 0 Å². The molecular formula is C10H16O. The lowest BCUT2D eigenvalue weighted by Crippen LogP contribution is -2.23. The van der Waals surface area contributed by atoms with Crippen LogP contribution in [0.1, 0.15) is 44.9 Å². The number of rotatable bonds is 0. The van der Waals surface area contributed by atoms with Gasteiger partial charge in [0.15, 0.2) is 0 Å². The predicted molar refractivity (Wildman–Crippen MR) is 45.5 cm³/mol. The van der Waals surface area contributed by atoms with Crippen molar-refractivity contribution >= 4 is 0 Å². The van der Waals surface area contributed by atoms with Crippen LogP contribution in [0.3, 0.4) is 0 Å². The molecule has 0 saturated heterocycles. The Morgan fingerprint density at radius 2 is 1.82 bits per heavy atom. The minimum atomic E-state index is 0.248. The van der Waals surface area contributed by atoms with Crippen LogP contribution in [0.2, 0.25) is 0 Å². The first-order valence-corrected chi connectivity index (χ1v) is 4.73. The van der Waals surface area contributed by atoms with E-state index in [4.69, 9.17) is 0 Å². The average molecular weight is 152 g/mol. The molecule has 62 valence electrons. The summed E-state index contributed by atoms with van der Waals surface area (Å²) in [4.78, 5) is 0. The van der Waals surface area contributed by atoms with Crippen molar-refractivity contribution in [1.29, 1.82) is 0 Å². The van der Waals surface area contributed by atoms with E-state index in [0.717, 1.165) is 6.42 Å². The van der Waals surface area contributed by atoms with Crippen molar-refractivity contribution in [3.05, 3.63) is 11.8 Å². The van der Waals surface area contributed by atoms with Gasteiger partial charge in [0.05, 0.1) is 5.76 Å². The lowest BCUT2D eigenvalue weighted by atomic mass is 9.73. The SMILES string of the molecule is OC1=CCCC12CCCCC2. The average Bonchev–Trinajstić information content (AvgIpc) is 2.36. The van der Waals surface area contributed by atoms with Gasteiger partial charge >= 0.3 is 0 Å². The van der Waals surface area contributed by atoms with E-state index in [1.54, 1.807) is 0 Å². The van der Waals surface area contributed by atoms with Gasteiger partial charge in [-0.2, -0.15) is 0 Å². The van der Waals surface area contributed by atoms with Gasteiger partial charge < -0.3 is 5.11 Å². The summed E-state index contributed by atoms with van der Waals surface area (Å²) in [5, 5.41) is 9.67. The molecule has 0 unspecified atom stereocenters. The maximum Gasteiger partial charge on any atom is 0.0944 e. The van der Waals surface area contributed by atoms with Crippen molar-refractivity contribution in [2.45, 2.75) is 44.9 Å². The Balaban J connectivity index is 2.14. The molecule has 0 aromatic heterocycles. The van der Waals surface area contributed by atoms with Gasteiger partial charge in [-0.05, 0) is 31.8 Å². The zero-order valence-corrected chi connectivity index (χ0v) is 6.97. The molecule has 0 bridgehead atoms. The number of hydrogen-bond acceptors (Lipinski definition) is 1. The highest BCUT2D eigenvalue weighted by molar-refractivity contribution is 5.13. The monoisotopic (exact) mass is 152 g/mol. The third-order valence-corrected chi connectivity index (χ3v) is 3.31. The molecule has 0 aliphatic heterocycles. The highest BCUT2D eigenvalue weighted by atomic mass is 16.3. The molecule has 0 aromatic rings. The van der Waals surface area contributed by atoms with E-state index in [0.29, 0.717) is 5.76 Å². The van der Waals surface area contributed by atoms with Crippen LogP contribution in [0.15, 0.2) is 11.8 Å². The fourth-order valence-corrected chi connectivity index (χ4v) is 2.56. The minimum Gasteiger partial charge on any atom is -0.512 e. The molecular weight excluding hydrogens is 136 g/mol. The zero-order chi connectivity index (χ0) is 7.73. The van der Waals surface area contributed by atoms with Crippen LogP contribution in [0.4, 0.5) is 0 Å². The molecule has 1 saturated carbocycles. The molecule has 0 amide bonds. The second kappa shape index (κ2) is 2.54. The second-order valence-electron chi connectivity index (χ2n) is 3.97. The molecule has 1 fully saturated rings. The molecule has 1 nitrogen and oxygen atoms in total. The van der Waals surface area contributed by atoms with E-state index in [1.165, 1.54) is 38.5 Å². The second-order valence-corrected chi connectivity index (χ2v) is 3.97. The summed E-state index contributed by atoms with van der Waals surface area (Å²) in [5.41, 5.74) is 0.248. The van der Waals surface area contributed by atoms with Crippen LogP contribution in [0, 0.1) is 5.41 Å². The third-order valence-electron chi connectivity index (χ3n) is 3.31. The highest BCUT2D eigenvalue weighted by Crippen LogP contribution is 2.48. The van der Waals surface area contributed by atoms with Crippen LogP contribution in [-0.2, 0) is 0 Å². The van der Waals surface area contributed by atoms with Gasteiger partial charge in [0.1, 0.15) is 0 Å². The largest absolute Gasteiger partial charge is 0.512 e. The van der Waals surface area contributed by atoms with Gasteiger partial charge in [-0.3, -0.25) is 0 Å². The topological polar surface area (TPSA) is 20.2 Å². The Morgan fingerprint density at radius 3 is 2.36 bits per heavy atom. The predicted octanol–water partition coefficient (Wildman–Crippen LogP) is 3.17. The molecule has 2 aliphatic rings. The number of hydrogen-bond donors (Lipinski definition) is 1. The number of aliphatic hydroxyl groups is 1. The molecule has 0 radical (unpaired) electrons. The summed E-state index contributed by atoms with van der Waals surface area (Å²) in [7, 11) is 0. The fourth-order valence-electron chi connectivity index (χ4n) is 2.56. The molecule has 1 heteroatoms. The van der Waals surface area contributed by atoms with Crippen LogP contribution >= 0.6 is 0 Å². The zero-order valence-electron chi connectivity index (χ0n) is 6.97. The Hall–Kier alpha value is -0.460. The van der Waals surface area contributed by atoms with Crippen LogP contribution in [0.5, 0.6) is 0 Å². The van der Waals surface area contributed by atoms with E-state index in [1.807, 2.05) is 6.08 Å². The molecule has 0 heterocycles. The lowest BCUT2D eigenvalue weighted by Gasteiger charge is -2.33. The Bertz CT molecular complexity index is 175. The summed E-state index contributed by atoms with van der Waals surface area (Å²) in [6.07, 6.45) is 10.8. The summed E-state index contributed by atoms with van der Waals surface area (Å²) in [6.45, 7) is 0. The summed E-state index contributed by atoms with van der Waals surface area (Å²) in [6, 6.07) is 0.